The summed E-state index contributed by atoms with van der Waals surface area (Å²) < 4.78 is 19.4. The van der Waals surface area contributed by atoms with Gasteiger partial charge < -0.3 is 43.5 Å². The molecule has 3 aromatic heterocycles. The van der Waals surface area contributed by atoms with E-state index in [0.717, 1.165) is 71.5 Å². The number of carbonyl (C=O) groups is 2. The van der Waals surface area contributed by atoms with Crippen LogP contribution in [0.3, 0.4) is 0 Å². The highest BCUT2D eigenvalue weighted by molar-refractivity contribution is 5.97. The first-order valence-electron chi connectivity index (χ1n) is 24.8. The Morgan fingerprint density at radius 3 is 2.61 bits per heavy atom. The fourth-order valence-electron chi connectivity index (χ4n) is 11.4. The van der Waals surface area contributed by atoms with Crippen LogP contribution in [0.5, 0.6) is 11.8 Å². The van der Waals surface area contributed by atoms with Crippen molar-refractivity contribution in [3.8, 4) is 29.2 Å². The van der Waals surface area contributed by atoms with E-state index in [4.69, 9.17) is 29.2 Å². The van der Waals surface area contributed by atoms with Crippen molar-refractivity contribution in [3.63, 3.8) is 0 Å². The summed E-state index contributed by atoms with van der Waals surface area (Å²) >= 11 is 0. The lowest BCUT2D eigenvalue weighted by molar-refractivity contribution is -0.157. The van der Waals surface area contributed by atoms with Crippen molar-refractivity contribution in [3.05, 3.63) is 122 Å². The summed E-state index contributed by atoms with van der Waals surface area (Å²) in [5.74, 6) is 0.445. The van der Waals surface area contributed by atoms with Crippen LogP contribution in [0.15, 0.2) is 77.6 Å². The molecule has 3 atom stereocenters. The number of anilines is 2. The number of nitrogens with zero attached hydrogens (tertiary/aromatic N) is 9. The summed E-state index contributed by atoms with van der Waals surface area (Å²) in [5.41, 5.74) is 8.91. The molecule has 1 N–H and O–H groups in total. The van der Waals surface area contributed by atoms with Gasteiger partial charge in [0.15, 0.2) is 6.10 Å². The van der Waals surface area contributed by atoms with E-state index in [0.29, 0.717) is 80.5 Å². The first kappa shape index (κ1) is 46.1. The van der Waals surface area contributed by atoms with Crippen molar-refractivity contribution in [1.82, 2.24) is 29.3 Å². The Balaban J connectivity index is 0.784. The molecule has 8 heterocycles. The fraction of sp³-hybridized carbons (Fsp3) is 0.400. The average Bonchev–Trinajstić information content (AvgIpc) is 3.97. The third kappa shape index (κ3) is 8.30. The molecule has 6 aromatic rings. The van der Waals surface area contributed by atoms with Crippen molar-refractivity contribution in [2.45, 2.75) is 90.3 Å². The minimum Gasteiger partial charge on any atom is -0.493 e. The smallest absolute Gasteiger partial charge is 0.340 e. The van der Waals surface area contributed by atoms with E-state index < -0.39 is 18.1 Å². The molecular formula is C55H57N9O7. The van der Waals surface area contributed by atoms with Gasteiger partial charge in [-0.25, -0.2) is 9.78 Å². The molecule has 11 rings (SSSR count). The number of carbonyl (C=O) groups excluding carboxylic acids is 2. The largest absolute Gasteiger partial charge is 0.493 e. The maximum atomic E-state index is 14.2. The van der Waals surface area contributed by atoms with Crippen molar-refractivity contribution >= 4 is 45.1 Å². The molecule has 5 aliphatic heterocycles. The van der Waals surface area contributed by atoms with Gasteiger partial charge in [-0.15, -0.1) is 0 Å². The quantitative estimate of drug-likeness (QED) is 0.106. The van der Waals surface area contributed by atoms with Crippen LogP contribution >= 0.6 is 0 Å². The number of fused-ring (bicyclic) bond motifs is 7. The molecular weight excluding hydrogens is 899 g/mol. The third-order valence-corrected chi connectivity index (χ3v) is 15.3. The minimum absolute atomic E-state index is 0.150. The number of esters is 1. The Morgan fingerprint density at radius 1 is 0.958 bits per heavy atom. The standard InChI is InChI=1S/C55H57N9O7/c1-5-38-40-25-37(14-15-44(40)57-49-42(38)28-64-47(49)26-41-43(53(64)67)31-70-54(68)50(41)65)69-24-18-33(3)52(66)63-23-22-62(27-35(63)16-19-56)51-39-17-21-61(46-13-7-11-34-10-6-9-32(2)48(34)46)29-45(39)58-55(59-51)71-30-36-12-8-20-60(36)4/h6-7,9-11,13-15,25-26,35-36,50,65H,3,5,8,12,16-18,20-24,27-31H2,1-2,4H3. The summed E-state index contributed by atoms with van der Waals surface area (Å²) in [6, 6.07) is 22.8. The zero-order valence-corrected chi connectivity index (χ0v) is 40.4. The van der Waals surface area contributed by atoms with Gasteiger partial charge in [-0.1, -0.05) is 43.8 Å². The van der Waals surface area contributed by atoms with Crippen molar-refractivity contribution in [2.75, 3.05) is 62.8 Å². The molecule has 16 heteroatoms. The van der Waals surface area contributed by atoms with Crippen LogP contribution < -0.4 is 24.8 Å². The number of hydrogen-bond donors (Lipinski definition) is 1. The zero-order chi connectivity index (χ0) is 49.1. The minimum atomic E-state index is -1.52. The molecule has 364 valence electrons. The Hall–Kier alpha value is -7.35. The first-order valence-corrected chi connectivity index (χ1v) is 24.8. The third-order valence-electron chi connectivity index (χ3n) is 15.3. The summed E-state index contributed by atoms with van der Waals surface area (Å²) in [6.45, 7) is 13.0. The first-order chi connectivity index (χ1) is 34.5. The number of aliphatic hydroxyl groups excluding tert-OH is 1. The van der Waals surface area contributed by atoms with E-state index in [9.17, 15) is 24.8 Å². The Kier molecular flexibility index (Phi) is 12.2. The molecule has 3 unspecified atom stereocenters. The Labute approximate surface area is 411 Å². The summed E-state index contributed by atoms with van der Waals surface area (Å²) in [7, 11) is 2.13. The highest BCUT2D eigenvalue weighted by atomic mass is 16.5. The van der Waals surface area contributed by atoms with E-state index >= 15 is 0 Å². The molecule has 0 radical (unpaired) electrons. The maximum absolute atomic E-state index is 14.2. The molecule has 5 aliphatic rings. The predicted octanol–water partition coefficient (Wildman–Crippen LogP) is 6.32. The summed E-state index contributed by atoms with van der Waals surface area (Å²) in [4.78, 5) is 63.8. The van der Waals surface area contributed by atoms with Crippen molar-refractivity contribution < 1.29 is 28.9 Å². The number of pyridine rings is 2. The van der Waals surface area contributed by atoms with Gasteiger partial charge >= 0.3 is 12.0 Å². The number of rotatable bonds is 12. The van der Waals surface area contributed by atoms with Crippen LogP contribution in [-0.2, 0) is 46.9 Å². The van der Waals surface area contributed by atoms with Gasteiger partial charge in [-0.3, -0.25) is 9.59 Å². The molecule has 1 amide bonds. The number of hydrogen-bond acceptors (Lipinski definition) is 14. The van der Waals surface area contributed by atoms with Crippen molar-refractivity contribution in [2.24, 2.45) is 0 Å². The zero-order valence-electron chi connectivity index (χ0n) is 40.4. The normalized spacial score (nSPS) is 19.5. The van der Waals surface area contributed by atoms with Crippen LogP contribution in [-0.4, -0.2) is 111 Å². The number of aromatic nitrogens is 4. The molecule has 0 bridgehead atoms. The van der Waals surface area contributed by atoms with Gasteiger partial charge in [0.1, 0.15) is 24.8 Å². The molecule has 3 aromatic carbocycles. The average molecular weight is 956 g/mol. The highest BCUT2D eigenvalue weighted by Gasteiger charge is 2.37. The van der Waals surface area contributed by atoms with E-state index in [1.165, 1.54) is 22.0 Å². The molecule has 2 saturated heterocycles. The Bertz CT molecular complexity index is 3270. The number of likely N-dealkylation sites (N-methyl/N-ethyl adjacent to an activating group) is 1. The lowest BCUT2D eigenvalue weighted by atomic mass is 9.97. The van der Waals surface area contributed by atoms with E-state index in [2.05, 4.69) is 84.6 Å². The molecule has 0 spiro atoms. The second-order valence-corrected chi connectivity index (χ2v) is 19.4. The number of benzene rings is 3. The number of nitriles is 1. The lowest BCUT2D eigenvalue weighted by Crippen LogP contribution is -2.56. The van der Waals surface area contributed by atoms with E-state index in [-0.39, 0.29) is 48.6 Å². The number of aryl methyl sites for hydroxylation is 2. The SMILES string of the molecule is C=C(CCOc1ccc2nc3c(c(CC)c2c1)Cn1c-3cc2c(c1=O)COC(=O)C2O)C(=O)N1CCN(c2nc(OCC3CCCN3C)nc3c2CCN(c2cccc4cccc(C)c24)C3)CC1CC#N. The molecule has 71 heavy (non-hydrogen) atoms. The monoisotopic (exact) mass is 955 g/mol. The van der Waals surface area contributed by atoms with Crippen LogP contribution in [0.4, 0.5) is 11.5 Å². The predicted molar refractivity (Wildman–Crippen MR) is 268 cm³/mol. The maximum Gasteiger partial charge on any atom is 0.340 e. The van der Waals surface area contributed by atoms with Crippen LogP contribution in [0, 0.1) is 18.3 Å². The second-order valence-electron chi connectivity index (χ2n) is 19.4. The molecule has 0 saturated carbocycles. The number of aliphatic hydroxyl groups is 1. The topological polar surface area (TPSA) is 179 Å². The number of ether oxygens (including phenoxy) is 3. The second kappa shape index (κ2) is 18.8. The molecule has 2 fully saturated rings. The van der Waals surface area contributed by atoms with Crippen molar-refractivity contribution in [1.29, 1.82) is 5.26 Å². The number of cyclic esters (lactones) is 1. The summed E-state index contributed by atoms with van der Waals surface area (Å²) in [5, 5.41) is 24.0. The highest BCUT2D eigenvalue weighted by Crippen LogP contribution is 2.40. The van der Waals surface area contributed by atoms with Crippen LogP contribution in [0.2, 0.25) is 0 Å². The van der Waals surface area contributed by atoms with E-state index in [1.807, 2.05) is 18.2 Å². The molecule has 0 aliphatic carbocycles. The lowest BCUT2D eigenvalue weighted by Gasteiger charge is -2.42. The van der Waals surface area contributed by atoms with Crippen LogP contribution in [0.1, 0.15) is 77.8 Å². The van der Waals surface area contributed by atoms with Crippen LogP contribution in [0.25, 0.3) is 33.1 Å². The summed E-state index contributed by atoms with van der Waals surface area (Å²) in [6.07, 6.45) is 2.50. The van der Waals surface area contributed by atoms with Gasteiger partial charge in [0.25, 0.3) is 5.56 Å². The number of amides is 1. The Morgan fingerprint density at radius 2 is 1.80 bits per heavy atom. The fourth-order valence-corrected chi connectivity index (χ4v) is 11.4. The van der Waals surface area contributed by atoms with Gasteiger partial charge in [-0.05, 0) is 93.0 Å². The van der Waals surface area contributed by atoms with Gasteiger partial charge in [0.05, 0.1) is 66.4 Å². The number of piperazine rings is 1. The van der Waals surface area contributed by atoms with E-state index in [1.54, 1.807) is 15.5 Å². The van der Waals surface area contributed by atoms with Gasteiger partial charge in [-0.2, -0.15) is 15.2 Å². The van der Waals surface area contributed by atoms with Gasteiger partial charge in [0.2, 0.25) is 5.91 Å². The number of likely N-dealkylation sites (tertiary alicyclic amines) is 1. The molecule has 16 nitrogen and oxygen atoms in total. The van der Waals surface area contributed by atoms with Gasteiger partial charge in [0, 0.05) is 77.4 Å².